The van der Waals surface area contributed by atoms with Gasteiger partial charge in [-0.3, -0.25) is 9.69 Å². The molecule has 0 aliphatic carbocycles. The second kappa shape index (κ2) is 8.31. The number of aromatic hydroxyl groups is 1. The molecule has 2 heterocycles. The van der Waals surface area contributed by atoms with Gasteiger partial charge < -0.3 is 10.4 Å². The summed E-state index contributed by atoms with van der Waals surface area (Å²) in [6.07, 6.45) is 2.49. The van der Waals surface area contributed by atoms with Gasteiger partial charge in [0, 0.05) is 23.5 Å². The molecule has 2 aromatic rings. The van der Waals surface area contributed by atoms with Gasteiger partial charge in [-0.05, 0) is 49.4 Å². The minimum absolute atomic E-state index is 0.0162. The number of thiophene rings is 1. The van der Waals surface area contributed by atoms with Crippen LogP contribution in [0.4, 0.5) is 0 Å². The van der Waals surface area contributed by atoms with Gasteiger partial charge in [0.15, 0.2) is 0 Å². The van der Waals surface area contributed by atoms with Crippen molar-refractivity contribution in [1.29, 1.82) is 0 Å². The standard InChI is InChI=1S/C19H24N2O2S/c22-18-6-2-1-4-16(18)12-19(23)20-13-15-7-9-21(10-8-15)14-17-5-3-11-24-17/h1-6,11,15,22H,7-10,12-14H2,(H,20,23). The zero-order valence-electron chi connectivity index (χ0n) is 13.8. The van der Waals surface area contributed by atoms with Crippen molar-refractivity contribution in [2.45, 2.75) is 25.8 Å². The van der Waals surface area contributed by atoms with E-state index >= 15 is 0 Å². The molecule has 1 saturated heterocycles. The van der Waals surface area contributed by atoms with E-state index in [1.807, 2.05) is 17.4 Å². The predicted molar refractivity (Wildman–Crippen MR) is 97.1 cm³/mol. The van der Waals surface area contributed by atoms with E-state index in [1.54, 1.807) is 18.2 Å². The minimum atomic E-state index is -0.0162. The van der Waals surface area contributed by atoms with E-state index in [4.69, 9.17) is 0 Å². The van der Waals surface area contributed by atoms with Crippen molar-refractivity contribution >= 4 is 17.2 Å². The van der Waals surface area contributed by atoms with E-state index in [0.717, 1.165) is 39.0 Å². The Morgan fingerprint density at radius 3 is 2.71 bits per heavy atom. The highest BCUT2D eigenvalue weighted by atomic mass is 32.1. The number of piperidine rings is 1. The first kappa shape index (κ1) is 17.0. The summed E-state index contributed by atoms with van der Waals surface area (Å²) in [5.41, 5.74) is 0.681. The number of rotatable bonds is 6. The predicted octanol–water partition coefficient (Wildman–Crippen LogP) is 3.02. The number of hydrogen-bond donors (Lipinski definition) is 2. The van der Waals surface area contributed by atoms with E-state index in [2.05, 4.69) is 27.7 Å². The number of benzene rings is 1. The van der Waals surface area contributed by atoms with E-state index in [0.29, 0.717) is 11.5 Å². The number of likely N-dealkylation sites (tertiary alicyclic amines) is 1. The number of carbonyl (C=O) groups is 1. The van der Waals surface area contributed by atoms with E-state index in [1.165, 1.54) is 4.88 Å². The number of nitrogens with one attached hydrogen (secondary N) is 1. The van der Waals surface area contributed by atoms with Crippen LogP contribution in [-0.2, 0) is 17.8 Å². The summed E-state index contributed by atoms with van der Waals surface area (Å²) >= 11 is 1.81. The van der Waals surface area contributed by atoms with Gasteiger partial charge >= 0.3 is 0 Å². The largest absolute Gasteiger partial charge is 0.508 e. The molecule has 1 aromatic heterocycles. The third-order valence-corrected chi connectivity index (χ3v) is 5.46. The van der Waals surface area contributed by atoms with Gasteiger partial charge in [-0.15, -0.1) is 11.3 Å². The van der Waals surface area contributed by atoms with Crippen LogP contribution in [0, 0.1) is 5.92 Å². The quantitative estimate of drug-likeness (QED) is 0.847. The monoisotopic (exact) mass is 344 g/mol. The summed E-state index contributed by atoms with van der Waals surface area (Å²) in [6.45, 7) is 3.97. The number of carbonyl (C=O) groups excluding carboxylic acids is 1. The first-order valence-corrected chi connectivity index (χ1v) is 9.37. The molecule has 1 aliphatic heterocycles. The van der Waals surface area contributed by atoms with Crippen LogP contribution in [0.25, 0.3) is 0 Å². The van der Waals surface area contributed by atoms with Crippen LogP contribution < -0.4 is 5.32 Å². The Kier molecular flexibility index (Phi) is 5.88. The Hall–Kier alpha value is -1.85. The van der Waals surface area contributed by atoms with Gasteiger partial charge in [0.1, 0.15) is 5.75 Å². The Balaban J connectivity index is 1.37. The number of hydrogen-bond acceptors (Lipinski definition) is 4. The lowest BCUT2D eigenvalue weighted by molar-refractivity contribution is -0.120. The first-order valence-electron chi connectivity index (χ1n) is 8.49. The third kappa shape index (κ3) is 4.82. The number of nitrogens with zero attached hydrogens (tertiary/aromatic N) is 1. The van der Waals surface area contributed by atoms with E-state index < -0.39 is 0 Å². The lowest BCUT2D eigenvalue weighted by Crippen LogP contribution is -2.38. The molecule has 2 N–H and O–H groups in total. The van der Waals surface area contributed by atoms with E-state index in [9.17, 15) is 9.90 Å². The van der Waals surface area contributed by atoms with Crippen LogP contribution in [0.2, 0.25) is 0 Å². The minimum Gasteiger partial charge on any atom is -0.508 e. The third-order valence-electron chi connectivity index (χ3n) is 4.60. The topological polar surface area (TPSA) is 52.6 Å². The summed E-state index contributed by atoms with van der Waals surface area (Å²) in [5, 5.41) is 14.9. The van der Waals surface area contributed by atoms with Crippen LogP contribution in [-0.4, -0.2) is 35.5 Å². The van der Waals surface area contributed by atoms with Crippen molar-refractivity contribution in [1.82, 2.24) is 10.2 Å². The lowest BCUT2D eigenvalue weighted by atomic mass is 9.96. The number of para-hydroxylation sites is 1. The normalized spacial score (nSPS) is 16.2. The van der Waals surface area contributed by atoms with Crippen molar-refractivity contribution < 1.29 is 9.90 Å². The molecule has 5 heteroatoms. The number of phenols is 1. The highest BCUT2D eigenvalue weighted by molar-refractivity contribution is 7.09. The van der Waals surface area contributed by atoms with Crippen LogP contribution in [0.5, 0.6) is 5.75 Å². The maximum Gasteiger partial charge on any atom is 0.224 e. The van der Waals surface area contributed by atoms with Gasteiger partial charge in [-0.2, -0.15) is 0 Å². The van der Waals surface area contributed by atoms with Gasteiger partial charge in [-0.1, -0.05) is 24.3 Å². The Labute approximate surface area is 147 Å². The van der Waals surface area contributed by atoms with Crippen molar-refractivity contribution in [2.24, 2.45) is 5.92 Å². The fourth-order valence-corrected chi connectivity index (χ4v) is 3.87. The fraction of sp³-hybridized carbons (Fsp3) is 0.421. The molecule has 128 valence electrons. The second-order valence-electron chi connectivity index (χ2n) is 6.41. The summed E-state index contributed by atoms with van der Waals surface area (Å²) in [4.78, 5) is 16.0. The molecule has 0 saturated carbocycles. The maximum atomic E-state index is 12.1. The Bertz CT molecular complexity index is 649. The fourth-order valence-electron chi connectivity index (χ4n) is 3.13. The van der Waals surface area contributed by atoms with Crippen molar-refractivity contribution in [3.63, 3.8) is 0 Å². The van der Waals surface area contributed by atoms with Gasteiger partial charge in [-0.25, -0.2) is 0 Å². The molecule has 24 heavy (non-hydrogen) atoms. The average Bonchev–Trinajstić information content (AvgIpc) is 3.09. The zero-order valence-corrected chi connectivity index (χ0v) is 14.6. The average molecular weight is 344 g/mol. The Morgan fingerprint density at radius 1 is 1.21 bits per heavy atom. The molecule has 0 atom stereocenters. The Morgan fingerprint density at radius 2 is 2.00 bits per heavy atom. The molecule has 1 aromatic carbocycles. The van der Waals surface area contributed by atoms with E-state index in [-0.39, 0.29) is 18.1 Å². The molecule has 1 amide bonds. The molecule has 1 aliphatic rings. The molecular weight excluding hydrogens is 320 g/mol. The SMILES string of the molecule is O=C(Cc1ccccc1O)NCC1CCN(Cc2cccs2)CC1. The van der Waals surface area contributed by atoms with Gasteiger partial charge in [0.2, 0.25) is 5.91 Å². The number of phenolic OH excluding ortho intramolecular Hbond substituents is 1. The van der Waals surface area contributed by atoms with Crippen molar-refractivity contribution in [2.75, 3.05) is 19.6 Å². The van der Waals surface area contributed by atoms with Crippen LogP contribution in [0.3, 0.4) is 0 Å². The smallest absolute Gasteiger partial charge is 0.224 e. The highest BCUT2D eigenvalue weighted by Gasteiger charge is 2.20. The molecule has 0 spiro atoms. The summed E-state index contributed by atoms with van der Waals surface area (Å²) in [7, 11) is 0. The lowest BCUT2D eigenvalue weighted by Gasteiger charge is -2.31. The molecule has 4 nitrogen and oxygen atoms in total. The van der Waals surface area contributed by atoms with Crippen LogP contribution >= 0.6 is 11.3 Å². The highest BCUT2D eigenvalue weighted by Crippen LogP contribution is 2.20. The summed E-state index contributed by atoms with van der Waals surface area (Å²) < 4.78 is 0. The van der Waals surface area contributed by atoms with Gasteiger partial charge in [0.25, 0.3) is 0 Å². The molecule has 0 unspecified atom stereocenters. The summed E-state index contributed by atoms with van der Waals surface area (Å²) in [6, 6.07) is 11.3. The van der Waals surface area contributed by atoms with Crippen LogP contribution in [0.15, 0.2) is 41.8 Å². The molecule has 0 bridgehead atoms. The zero-order chi connectivity index (χ0) is 16.8. The summed E-state index contributed by atoms with van der Waals surface area (Å²) in [5.74, 6) is 0.727. The van der Waals surface area contributed by atoms with Crippen molar-refractivity contribution in [3.8, 4) is 5.75 Å². The molecule has 0 radical (unpaired) electrons. The maximum absolute atomic E-state index is 12.1. The van der Waals surface area contributed by atoms with Gasteiger partial charge in [0.05, 0.1) is 6.42 Å². The molecule has 3 rings (SSSR count). The molecular formula is C19H24N2O2S. The molecule has 1 fully saturated rings. The second-order valence-corrected chi connectivity index (χ2v) is 7.44. The van der Waals surface area contributed by atoms with Crippen molar-refractivity contribution in [3.05, 3.63) is 52.2 Å². The van der Waals surface area contributed by atoms with Crippen LogP contribution in [0.1, 0.15) is 23.3 Å². The first-order chi connectivity index (χ1) is 11.7. The number of amides is 1.